The first-order chi connectivity index (χ1) is 12.3. The number of allylic oxidation sites excluding steroid dienone is 2. The van der Waals surface area contributed by atoms with Gasteiger partial charge in [-0.15, -0.1) is 0 Å². The van der Waals surface area contributed by atoms with Gasteiger partial charge in [0.2, 0.25) is 0 Å². The lowest BCUT2D eigenvalue weighted by Gasteiger charge is -2.29. The Hall–Kier alpha value is -1.94. The van der Waals surface area contributed by atoms with Crippen molar-refractivity contribution < 1.29 is 19.1 Å². The van der Waals surface area contributed by atoms with Gasteiger partial charge in [-0.05, 0) is 57.2 Å². The molecule has 1 heterocycles. The third kappa shape index (κ3) is 3.01. The van der Waals surface area contributed by atoms with Crippen LogP contribution in [0.15, 0.2) is 17.9 Å². The van der Waals surface area contributed by atoms with Gasteiger partial charge in [0.25, 0.3) is 0 Å². The average Bonchev–Trinajstić information content (AvgIpc) is 2.87. The molecule has 0 amide bonds. The maximum atomic E-state index is 13.5. The van der Waals surface area contributed by atoms with Crippen LogP contribution in [0.1, 0.15) is 48.4 Å². The van der Waals surface area contributed by atoms with E-state index in [0.29, 0.717) is 43.8 Å². The molecule has 2 aliphatic rings. The smallest absolute Gasteiger partial charge is 0.180 e. The normalized spacial score (nSPS) is 24.3. The van der Waals surface area contributed by atoms with Crippen LogP contribution in [-0.4, -0.2) is 31.9 Å². The maximum Gasteiger partial charge on any atom is 0.180 e. The average molecular weight is 356 g/mol. The van der Waals surface area contributed by atoms with Crippen LogP contribution in [0.25, 0.3) is 5.57 Å². The molecule has 4 nitrogen and oxygen atoms in total. The number of benzene rings is 1. The summed E-state index contributed by atoms with van der Waals surface area (Å²) in [5, 5.41) is 0. The van der Waals surface area contributed by atoms with Crippen molar-refractivity contribution in [3.05, 3.63) is 40.1 Å². The van der Waals surface area contributed by atoms with Crippen LogP contribution in [0.4, 0.5) is 0 Å². The molecule has 1 saturated heterocycles. The van der Waals surface area contributed by atoms with E-state index in [9.17, 15) is 9.59 Å². The summed E-state index contributed by atoms with van der Waals surface area (Å²) in [6.45, 7) is 9.04. The SMILES string of the molecule is COC1=C(c2c(C)cc(C)cc2C)C(=O)C(C)(C(=O)C2CCOCC2)C1. The van der Waals surface area contributed by atoms with E-state index in [1.807, 2.05) is 20.8 Å². The molecule has 0 aromatic heterocycles. The summed E-state index contributed by atoms with van der Waals surface area (Å²) in [7, 11) is 1.59. The lowest BCUT2D eigenvalue weighted by molar-refractivity contribution is -0.141. The van der Waals surface area contributed by atoms with Crippen LogP contribution >= 0.6 is 0 Å². The number of carbonyl (C=O) groups is 2. The highest BCUT2D eigenvalue weighted by Crippen LogP contribution is 2.47. The lowest BCUT2D eigenvalue weighted by atomic mass is 9.73. The molecule has 1 aliphatic carbocycles. The second kappa shape index (κ2) is 6.99. The second-order valence-corrected chi connectivity index (χ2v) is 7.86. The van der Waals surface area contributed by atoms with E-state index < -0.39 is 5.41 Å². The summed E-state index contributed by atoms with van der Waals surface area (Å²) in [6.07, 6.45) is 1.74. The Kier molecular flexibility index (Phi) is 5.07. The van der Waals surface area contributed by atoms with Gasteiger partial charge in [0, 0.05) is 25.6 Å². The standard InChI is InChI=1S/C22H28O4/c1-13-10-14(2)18(15(3)11-13)19-17(25-5)12-22(4,21(19)24)20(23)16-6-8-26-9-7-16/h10-11,16H,6-9,12H2,1-5H3. The van der Waals surface area contributed by atoms with E-state index in [2.05, 4.69) is 12.1 Å². The van der Waals surface area contributed by atoms with Crippen molar-refractivity contribution in [2.45, 2.75) is 47.0 Å². The summed E-state index contributed by atoms with van der Waals surface area (Å²) in [6, 6.07) is 4.15. The van der Waals surface area contributed by atoms with Crippen molar-refractivity contribution in [2.24, 2.45) is 11.3 Å². The highest BCUT2D eigenvalue weighted by molar-refractivity contribution is 6.33. The summed E-state index contributed by atoms with van der Waals surface area (Å²) in [4.78, 5) is 26.7. The molecule has 0 radical (unpaired) electrons. The zero-order valence-corrected chi connectivity index (χ0v) is 16.4. The largest absolute Gasteiger partial charge is 0.500 e. The van der Waals surface area contributed by atoms with E-state index >= 15 is 0 Å². The van der Waals surface area contributed by atoms with Crippen LogP contribution in [0.3, 0.4) is 0 Å². The van der Waals surface area contributed by atoms with E-state index in [0.717, 1.165) is 22.3 Å². The molecular weight excluding hydrogens is 328 g/mol. The summed E-state index contributed by atoms with van der Waals surface area (Å²) in [5.41, 5.74) is 3.72. The van der Waals surface area contributed by atoms with Crippen LogP contribution in [0.2, 0.25) is 0 Å². The first-order valence-electron chi connectivity index (χ1n) is 9.31. The van der Waals surface area contributed by atoms with Gasteiger partial charge in [0.1, 0.15) is 11.5 Å². The molecule has 1 atom stereocenters. The number of carbonyl (C=O) groups excluding carboxylic acids is 2. The molecule has 0 spiro atoms. The number of ketones is 2. The van der Waals surface area contributed by atoms with Gasteiger partial charge in [-0.2, -0.15) is 0 Å². The molecule has 26 heavy (non-hydrogen) atoms. The quantitative estimate of drug-likeness (QED) is 0.767. The number of ether oxygens (including phenoxy) is 2. The van der Waals surface area contributed by atoms with Crippen LogP contribution in [0, 0.1) is 32.1 Å². The van der Waals surface area contributed by atoms with Gasteiger partial charge in [-0.3, -0.25) is 9.59 Å². The minimum Gasteiger partial charge on any atom is -0.500 e. The highest BCUT2D eigenvalue weighted by atomic mass is 16.5. The Morgan fingerprint density at radius 1 is 1.15 bits per heavy atom. The van der Waals surface area contributed by atoms with E-state index in [-0.39, 0.29) is 17.5 Å². The van der Waals surface area contributed by atoms with Crippen molar-refractivity contribution in [1.82, 2.24) is 0 Å². The summed E-state index contributed by atoms with van der Waals surface area (Å²) in [5.74, 6) is 0.474. The summed E-state index contributed by atoms with van der Waals surface area (Å²) >= 11 is 0. The Morgan fingerprint density at radius 2 is 1.73 bits per heavy atom. The topological polar surface area (TPSA) is 52.6 Å². The maximum absolute atomic E-state index is 13.5. The molecule has 1 aromatic rings. The molecule has 0 bridgehead atoms. The third-order valence-corrected chi connectivity index (χ3v) is 5.83. The minimum atomic E-state index is -1.04. The molecule has 140 valence electrons. The van der Waals surface area contributed by atoms with Crippen molar-refractivity contribution in [3.8, 4) is 0 Å². The van der Waals surface area contributed by atoms with E-state index in [1.165, 1.54) is 0 Å². The van der Waals surface area contributed by atoms with Crippen LogP contribution in [-0.2, 0) is 19.1 Å². The van der Waals surface area contributed by atoms with Gasteiger partial charge in [0.15, 0.2) is 5.78 Å². The van der Waals surface area contributed by atoms with Gasteiger partial charge >= 0.3 is 0 Å². The number of hydrogen-bond donors (Lipinski definition) is 0. The molecule has 1 unspecified atom stereocenters. The van der Waals surface area contributed by atoms with Crippen molar-refractivity contribution in [2.75, 3.05) is 20.3 Å². The first-order valence-corrected chi connectivity index (χ1v) is 9.31. The van der Waals surface area contributed by atoms with Gasteiger partial charge in [-0.25, -0.2) is 0 Å². The minimum absolute atomic E-state index is 0.0396. The van der Waals surface area contributed by atoms with Crippen LogP contribution in [0.5, 0.6) is 0 Å². The Bertz CT molecular complexity index is 760. The fourth-order valence-corrected chi connectivity index (χ4v) is 4.50. The molecule has 4 heteroatoms. The number of hydrogen-bond acceptors (Lipinski definition) is 4. The first kappa shape index (κ1) is 18.8. The van der Waals surface area contributed by atoms with E-state index in [4.69, 9.17) is 9.47 Å². The third-order valence-electron chi connectivity index (χ3n) is 5.83. The lowest BCUT2D eigenvalue weighted by Crippen LogP contribution is -2.40. The molecule has 1 aliphatic heterocycles. The summed E-state index contributed by atoms with van der Waals surface area (Å²) < 4.78 is 11.0. The van der Waals surface area contributed by atoms with Crippen molar-refractivity contribution in [3.63, 3.8) is 0 Å². The molecule has 1 fully saturated rings. The zero-order chi connectivity index (χ0) is 19.1. The Balaban J connectivity index is 2.02. The fourth-order valence-electron chi connectivity index (χ4n) is 4.50. The molecule has 0 saturated carbocycles. The molecular formula is C22H28O4. The fraction of sp³-hybridized carbons (Fsp3) is 0.545. The Labute approximate surface area is 155 Å². The van der Waals surface area contributed by atoms with Crippen molar-refractivity contribution in [1.29, 1.82) is 0 Å². The monoisotopic (exact) mass is 356 g/mol. The number of methoxy groups -OCH3 is 1. The predicted octanol–water partition coefficient (Wildman–Crippen LogP) is 3.94. The second-order valence-electron chi connectivity index (χ2n) is 7.86. The number of Topliss-reactive ketones (excluding diaryl/α,β-unsaturated/α-hetero) is 2. The van der Waals surface area contributed by atoms with Gasteiger partial charge < -0.3 is 9.47 Å². The van der Waals surface area contributed by atoms with E-state index in [1.54, 1.807) is 14.0 Å². The predicted molar refractivity (Wildman–Crippen MR) is 101 cm³/mol. The molecule has 3 rings (SSSR count). The highest BCUT2D eigenvalue weighted by Gasteiger charge is 2.52. The molecule has 0 N–H and O–H groups in total. The number of rotatable bonds is 4. The van der Waals surface area contributed by atoms with Crippen LogP contribution < -0.4 is 0 Å². The Morgan fingerprint density at radius 3 is 2.27 bits per heavy atom. The number of aryl methyl sites for hydroxylation is 3. The zero-order valence-electron chi connectivity index (χ0n) is 16.4. The van der Waals surface area contributed by atoms with Crippen molar-refractivity contribution >= 4 is 17.1 Å². The van der Waals surface area contributed by atoms with Gasteiger partial charge in [0.05, 0.1) is 18.1 Å². The molecule has 1 aromatic carbocycles. The van der Waals surface area contributed by atoms with Gasteiger partial charge in [-0.1, -0.05) is 17.7 Å².